The molecule has 5 rings (SSSR count). The number of aryl methyl sites for hydroxylation is 1. The van der Waals surface area contributed by atoms with E-state index in [2.05, 4.69) is 10.4 Å². The fraction of sp³-hybridized carbons (Fsp3) is 0.577. The molecule has 9 nitrogen and oxygen atoms in total. The van der Waals surface area contributed by atoms with E-state index in [1.807, 2.05) is 24.3 Å². The second kappa shape index (κ2) is 9.97. The van der Waals surface area contributed by atoms with E-state index in [0.29, 0.717) is 37.3 Å². The third-order valence-corrected chi connectivity index (χ3v) is 9.96. The van der Waals surface area contributed by atoms with Crippen molar-refractivity contribution in [1.82, 2.24) is 19.4 Å². The summed E-state index contributed by atoms with van der Waals surface area (Å²) < 4.78 is 30.3. The zero-order valence-electron chi connectivity index (χ0n) is 21.1. The van der Waals surface area contributed by atoms with Crippen LogP contribution in [0.2, 0.25) is 0 Å². The summed E-state index contributed by atoms with van der Waals surface area (Å²) >= 11 is 0. The Kier molecular flexibility index (Phi) is 6.91. The van der Waals surface area contributed by atoms with Crippen LogP contribution in [0.5, 0.6) is 0 Å². The van der Waals surface area contributed by atoms with Gasteiger partial charge in [0.05, 0.1) is 17.3 Å². The number of piperidine rings is 1. The van der Waals surface area contributed by atoms with Gasteiger partial charge >= 0.3 is 0 Å². The van der Waals surface area contributed by atoms with Crippen molar-refractivity contribution in [3.8, 4) is 0 Å². The van der Waals surface area contributed by atoms with Gasteiger partial charge in [0.25, 0.3) is 0 Å². The number of rotatable bonds is 6. The maximum atomic E-state index is 13.7. The molecule has 1 N–H and O–H groups in total. The number of aromatic nitrogens is 2. The molecule has 10 heteroatoms. The van der Waals surface area contributed by atoms with Crippen LogP contribution in [0.15, 0.2) is 29.2 Å². The van der Waals surface area contributed by atoms with E-state index in [9.17, 15) is 18.0 Å². The molecule has 1 aliphatic carbocycles. The lowest BCUT2D eigenvalue weighted by Crippen LogP contribution is -2.47. The standard InChI is InChI=1S/C26H35N5O4S/c1-18-25(19(2)31(28-18)17-24(32)30-15-13-20-8-3-6-12-23(20)30)36(34,35)29-14-7-9-21(16-29)26(33)27-22-10-4-5-11-22/h3,6,8,12,21-22H,4-5,7,9-11,13-17H2,1-2H3,(H,27,33)/t21-/m1/s1. The highest BCUT2D eigenvalue weighted by molar-refractivity contribution is 7.89. The topological polar surface area (TPSA) is 105 Å². The van der Waals surface area contributed by atoms with Gasteiger partial charge in [0.15, 0.2) is 0 Å². The van der Waals surface area contributed by atoms with E-state index in [1.54, 1.807) is 18.7 Å². The van der Waals surface area contributed by atoms with Crippen molar-refractivity contribution < 1.29 is 18.0 Å². The van der Waals surface area contributed by atoms with Gasteiger partial charge in [-0.1, -0.05) is 31.0 Å². The molecule has 3 aliphatic rings. The molecule has 1 saturated carbocycles. The first-order valence-electron chi connectivity index (χ1n) is 13.0. The molecule has 2 fully saturated rings. The first-order chi connectivity index (χ1) is 17.3. The van der Waals surface area contributed by atoms with Crippen molar-refractivity contribution in [2.75, 3.05) is 24.5 Å². The van der Waals surface area contributed by atoms with E-state index < -0.39 is 10.0 Å². The number of carbonyl (C=O) groups is 2. The van der Waals surface area contributed by atoms with E-state index >= 15 is 0 Å². The quantitative estimate of drug-likeness (QED) is 0.639. The molecule has 1 aromatic heterocycles. The number of benzene rings is 1. The number of anilines is 1. The van der Waals surface area contributed by atoms with Crippen molar-refractivity contribution in [2.24, 2.45) is 5.92 Å². The van der Waals surface area contributed by atoms with Crippen molar-refractivity contribution >= 4 is 27.5 Å². The third kappa shape index (κ3) is 4.68. The summed E-state index contributed by atoms with van der Waals surface area (Å²) in [6.45, 7) is 4.51. The number of fused-ring (bicyclic) bond motifs is 1. The average molecular weight is 514 g/mol. The van der Waals surface area contributed by atoms with E-state index in [-0.39, 0.29) is 41.8 Å². The molecule has 2 amide bonds. The minimum Gasteiger partial charge on any atom is -0.353 e. The lowest BCUT2D eigenvalue weighted by atomic mass is 9.98. The van der Waals surface area contributed by atoms with Gasteiger partial charge in [-0.3, -0.25) is 14.3 Å². The van der Waals surface area contributed by atoms with Crippen LogP contribution in [0.1, 0.15) is 55.5 Å². The van der Waals surface area contributed by atoms with Crippen molar-refractivity contribution in [1.29, 1.82) is 0 Å². The fourth-order valence-corrected chi connectivity index (χ4v) is 7.81. The zero-order chi connectivity index (χ0) is 25.4. The summed E-state index contributed by atoms with van der Waals surface area (Å²) in [4.78, 5) is 27.9. The van der Waals surface area contributed by atoms with E-state index in [1.165, 1.54) is 8.99 Å². The summed E-state index contributed by atoms with van der Waals surface area (Å²) in [5.41, 5.74) is 2.87. The zero-order valence-corrected chi connectivity index (χ0v) is 21.9. The Balaban J connectivity index is 1.31. The van der Waals surface area contributed by atoms with E-state index in [4.69, 9.17) is 0 Å². The number of amides is 2. The molecule has 2 aromatic rings. The molecular weight excluding hydrogens is 478 g/mol. The number of nitrogens with one attached hydrogen (secondary N) is 1. The van der Waals surface area contributed by atoms with Gasteiger partial charge in [0.2, 0.25) is 21.8 Å². The molecule has 0 spiro atoms. The largest absolute Gasteiger partial charge is 0.353 e. The monoisotopic (exact) mass is 513 g/mol. The summed E-state index contributed by atoms with van der Waals surface area (Å²) in [5.74, 6) is -0.500. The van der Waals surface area contributed by atoms with Crippen LogP contribution < -0.4 is 10.2 Å². The molecule has 1 atom stereocenters. The second-order valence-corrected chi connectivity index (χ2v) is 12.1. The molecule has 0 bridgehead atoms. The smallest absolute Gasteiger partial charge is 0.248 e. The average Bonchev–Trinajstić information content (AvgIpc) is 3.59. The molecule has 1 saturated heterocycles. The highest BCUT2D eigenvalue weighted by Crippen LogP contribution is 2.30. The number of hydrogen-bond donors (Lipinski definition) is 1. The Morgan fingerprint density at radius 3 is 2.58 bits per heavy atom. The van der Waals surface area contributed by atoms with Gasteiger partial charge in [-0.2, -0.15) is 9.40 Å². The Morgan fingerprint density at radius 1 is 1.06 bits per heavy atom. The molecule has 194 valence electrons. The van der Waals surface area contributed by atoms with E-state index in [0.717, 1.165) is 43.4 Å². The lowest BCUT2D eigenvalue weighted by molar-refractivity contribution is -0.126. The normalized spacial score (nSPS) is 21.1. The molecule has 0 radical (unpaired) electrons. The summed E-state index contributed by atoms with van der Waals surface area (Å²) in [6, 6.07) is 8.06. The third-order valence-electron chi connectivity index (χ3n) is 7.84. The molecule has 1 aromatic carbocycles. The Labute approximate surface area is 212 Å². The summed E-state index contributed by atoms with van der Waals surface area (Å²) in [5, 5.41) is 7.57. The maximum Gasteiger partial charge on any atom is 0.248 e. The first-order valence-corrected chi connectivity index (χ1v) is 14.4. The van der Waals surface area contributed by atoms with Gasteiger partial charge < -0.3 is 10.2 Å². The van der Waals surface area contributed by atoms with Crippen LogP contribution in [0.4, 0.5) is 5.69 Å². The number of hydrogen-bond acceptors (Lipinski definition) is 5. The Hall–Kier alpha value is -2.72. The molecule has 36 heavy (non-hydrogen) atoms. The highest BCUT2D eigenvalue weighted by Gasteiger charge is 2.37. The van der Waals surface area contributed by atoms with Crippen LogP contribution >= 0.6 is 0 Å². The van der Waals surface area contributed by atoms with Crippen molar-refractivity contribution in [3.05, 3.63) is 41.2 Å². The predicted molar refractivity (Wildman–Crippen MR) is 136 cm³/mol. The first kappa shape index (κ1) is 25.0. The van der Waals surface area contributed by atoms with Crippen molar-refractivity contribution in [2.45, 2.75) is 76.3 Å². The van der Waals surface area contributed by atoms with Crippen LogP contribution in [0.25, 0.3) is 0 Å². The van der Waals surface area contributed by atoms with Gasteiger partial charge in [0.1, 0.15) is 11.4 Å². The minimum atomic E-state index is -3.85. The molecule has 2 aliphatic heterocycles. The second-order valence-electron chi connectivity index (χ2n) is 10.3. The van der Waals surface area contributed by atoms with Gasteiger partial charge in [-0.05, 0) is 57.6 Å². The van der Waals surface area contributed by atoms with Gasteiger partial charge in [0, 0.05) is 31.4 Å². The van der Waals surface area contributed by atoms with Crippen LogP contribution in [-0.2, 0) is 32.6 Å². The minimum absolute atomic E-state index is 0.0249. The number of carbonyl (C=O) groups excluding carboxylic acids is 2. The molecular formula is C26H35N5O4S. The highest BCUT2D eigenvalue weighted by atomic mass is 32.2. The van der Waals surface area contributed by atoms with Crippen molar-refractivity contribution in [3.63, 3.8) is 0 Å². The Bertz CT molecular complexity index is 1270. The predicted octanol–water partition coefficient (Wildman–Crippen LogP) is 2.55. The number of para-hydroxylation sites is 1. The van der Waals surface area contributed by atoms with Crippen LogP contribution in [-0.4, -0.2) is 60.0 Å². The SMILES string of the molecule is Cc1nn(CC(=O)N2CCc3ccccc32)c(C)c1S(=O)(=O)N1CCC[C@@H](C(=O)NC2CCCC2)C1. The Morgan fingerprint density at radius 2 is 1.81 bits per heavy atom. The number of nitrogens with zero attached hydrogens (tertiary/aromatic N) is 4. The fourth-order valence-electron chi connectivity index (χ4n) is 5.91. The summed E-state index contributed by atoms with van der Waals surface area (Å²) in [7, 11) is -3.85. The lowest BCUT2D eigenvalue weighted by Gasteiger charge is -2.32. The maximum absolute atomic E-state index is 13.7. The van der Waals surface area contributed by atoms with Gasteiger partial charge in [-0.15, -0.1) is 0 Å². The molecule has 3 heterocycles. The number of sulfonamides is 1. The van der Waals surface area contributed by atoms with Gasteiger partial charge in [-0.25, -0.2) is 8.42 Å². The summed E-state index contributed by atoms with van der Waals surface area (Å²) in [6.07, 6.45) is 6.40. The molecule has 0 unspecified atom stereocenters. The van der Waals surface area contributed by atoms with Crippen LogP contribution in [0.3, 0.4) is 0 Å². The van der Waals surface area contributed by atoms with Crippen LogP contribution in [0, 0.1) is 19.8 Å².